The van der Waals surface area contributed by atoms with Crippen LogP contribution in [0.25, 0.3) is 0 Å². The number of hydrogen-bond donors (Lipinski definition) is 1. The lowest BCUT2D eigenvalue weighted by Crippen LogP contribution is -2.41. The number of thioether (sulfide) groups is 1. The zero-order chi connectivity index (χ0) is 18.3. The van der Waals surface area contributed by atoms with Gasteiger partial charge in [-0.15, -0.1) is 0 Å². The van der Waals surface area contributed by atoms with Gasteiger partial charge in [-0.1, -0.05) is 0 Å². The van der Waals surface area contributed by atoms with Gasteiger partial charge in [0.25, 0.3) is 5.91 Å². The highest BCUT2D eigenvalue weighted by molar-refractivity contribution is 7.99. The van der Waals surface area contributed by atoms with E-state index in [1.165, 1.54) is 36.0 Å². The van der Waals surface area contributed by atoms with Crippen molar-refractivity contribution in [2.75, 3.05) is 31.6 Å². The number of rotatable bonds is 5. The van der Waals surface area contributed by atoms with Crippen molar-refractivity contribution in [1.29, 1.82) is 0 Å². The number of benzene rings is 1. The standard InChI is InChI=1S/C19H23FN2O3S/c1-26-10-17(23)22-9-15-14(16-6-7-19(15,11-22)25-16)8-21-18(24)12-2-4-13(20)5-3-12/h2-5,14-16H,6-11H2,1H3,(H,21,24)/t14-,15+,16+,19+/m0/s1. The van der Waals surface area contributed by atoms with E-state index in [-0.39, 0.29) is 41.2 Å². The van der Waals surface area contributed by atoms with Crippen molar-refractivity contribution >= 4 is 23.6 Å². The van der Waals surface area contributed by atoms with E-state index in [1.807, 2.05) is 11.2 Å². The molecule has 3 aliphatic rings. The molecule has 0 aliphatic carbocycles. The molecular formula is C19H23FN2O3S. The second-order valence-electron chi connectivity index (χ2n) is 7.45. The Labute approximate surface area is 156 Å². The minimum atomic E-state index is -0.356. The fourth-order valence-electron chi connectivity index (χ4n) is 4.78. The van der Waals surface area contributed by atoms with E-state index in [0.29, 0.717) is 31.0 Å². The fraction of sp³-hybridized carbons (Fsp3) is 0.579. The molecule has 3 aliphatic heterocycles. The number of nitrogens with zero attached hydrogens (tertiary/aromatic N) is 1. The molecule has 26 heavy (non-hydrogen) atoms. The summed E-state index contributed by atoms with van der Waals surface area (Å²) in [6.07, 6.45) is 4.07. The summed E-state index contributed by atoms with van der Waals surface area (Å²) < 4.78 is 19.3. The van der Waals surface area contributed by atoms with Gasteiger partial charge in [0, 0.05) is 30.5 Å². The third kappa shape index (κ3) is 3.01. The SMILES string of the molecule is CSCC(=O)N1C[C@@H]2[C@H](CNC(=O)c3ccc(F)cc3)[C@H]3CC[C@]2(C1)O3. The molecule has 1 N–H and O–H groups in total. The van der Waals surface area contributed by atoms with Gasteiger partial charge in [0.2, 0.25) is 5.91 Å². The van der Waals surface area contributed by atoms with Gasteiger partial charge in [0.1, 0.15) is 5.82 Å². The molecule has 5 nitrogen and oxygen atoms in total. The Morgan fingerprint density at radius 2 is 2.15 bits per heavy atom. The molecule has 1 aromatic carbocycles. The van der Waals surface area contributed by atoms with Crippen LogP contribution in [0, 0.1) is 17.7 Å². The van der Waals surface area contributed by atoms with E-state index in [4.69, 9.17) is 4.74 Å². The molecule has 2 bridgehead atoms. The molecule has 4 atom stereocenters. The minimum Gasteiger partial charge on any atom is -0.369 e. The predicted octanol–water partition coefficient (Wildman–Crippen LogP) is 1.92. The minimum absolute atomic E-state index is 0.159. The summed E-state index contributed by atoms with van der Waals surface area (Å²) in [7, 11) is 0. The molecule has 1 spiro atoms. The second kappa shape index (κ2) is 6.85. The zero-order valence-corrected chi connectivity index (χ0v) is 15.6. The maximum Gasteiger partial charge on any atom is 0.251 e. The highest BCUT2D eigenvalue weighted by Gasteiger charge is 2.63. The molecule has 2 amide bonds. The molecule has 3 fully saturated rings. The smallest absolute Gasteiger partial charge is 0.251 e. The lowest BCUT2D eigenvalue weighted by Gasteiger charge is -2.29. The zero-order valence-electron chi connectivity index (χ0n) is 14.7. The van der Waals surface area contributed by atoms with Gasteiger partial charge in [-0.2, -0.15) is 11.8 Å². The van der Waals surface area contributed by atoms with Crippen LogP contribution >= 0.6 is 11.8 Å². The van der Waals surface area contributed by atoms with Crippen molar-refractivity contribution in [2.45, 2.75) is 24.5 Å². The first-order chi connectivity index (χ1) is 12.5. The molecule has 3 saturated heterocycles. The van der Waals surface area contributed by atoms with Crippen LogP contribution in [0.15, 0.2) is 24.3 Å². The number of carbonyl (C=O) groups excluding carboxylic acids is 2. The largest absolute Gasteiger partial charge is 0.369 e. The highest BCUT2D eigenvalue weighted by atomic mass is 32.2. The number of likely N-dealkylation sites (tertiary alicyclic amines) is 1. The van der Waals surface area contributed by atoms with Crippen LogP contribution in [-0.2, 0) is 9.53 Å². The van der Waals surface area contributed by atoms with Gasteiger partial charge < -0.3 is 15.0 Å². The fourth-order valence-corrected chi connectivity index (χ4v) is 5.21. The Morgan fingerprint density at radius 1 is 1.38 bits per heavy atom. The molecule has 0 saturated carbocycles. The third-order valence-corrected chi connectivity index (χ3v) is 6.54. The average molecular weight is 378 g/mol. The molecular weight excluding hydrogens is 355 g/mol. The lowest BCUT2D eigenvalue weighted by molar-refractivity contribution is -0.128. The summed E-state index contributed by atoms with van der Waals surface area (Å²) in [5, 5.41) is 2.97. The Hall–Kier alpha value is -1.60. The molecule has 0 radical (unpaired) electrons. The predicted molar refractivity (Wildman–Crippen MR) is 97.5 cm³/mol. The normalized spacial score (nSPS) is 31.9. The second-order valence-corrected chi connectivity index (χ2v) is 8.32. The first-order valence-electron chi connectivity index (χ1n) is 9.01. The van der Waals surface area contributed by atoms with Crippen molar-refractivity contribution in [3.63, 3.8) is 0 Å². The molecule has 4 rings (SSSR count). The number of halogens is 1. The van der Waals surface area contributed by atoms with E-state index in [0.717, 1.165) is 12.8 Å². The summed E-state index contributed by atoms with van der Waals surface area (Å²) >= 11 is 1.54. The van der Waals surface area contributed by atoms with E-state index < -0.39 is 0 Å². The van der Waals surface area contributed by atoms with Crippen molar-refractivity contribution < 1.29 is 18.7 Å². The van der Waals surface area contributed by atoms with Gasteiger partial charge >= 0.3 is 0 Å². The first-order valence-corrected chi connectivity index (χ1v) is 10.4. The Kier molecular flexibility index (Phi) is 4.69. The molecule has 0 aromatic heterocycles. The molecule has 7 heteroatoms. The van der Waals surface area contributed by atoms with E-state index in [9.17, 15) is 14.0 Å². The van der Waals surface area contributed by atoms with Crippen molar-refractivity contribution in [3.8, 4) is 0 Å². The maximum absolute atomic E-state index is 13.0. The summed E-state index contributed by atoms with van der Waals surface area (Å²) in [5.41, 5.74) is 0.234. The number of hydrogen-bond acceptors (Lipinski definition) is 4. The first kappa shape index (κ1) is 17.8. The monoisotopic (exact) mass is 378 g/mol. The quantitative estimate of drug-likeness (QED) is 0.851. The van der Waals surface area contributed by atoms with Crippen LogP contribution in [0.1, 0.15) is 23.2 Å². The van der Waals surface area contributed by atoms with Gasteiger partial charge in [0.05, 0.1) is 24.0 Å². The summed E-state index contributed by atoms with van der Waals surface area (Å²) in [6.45, 7) is 1.92. The Balaban J connectivity index is 1.41. The Bertz CT molecular complexity index is 713. The van der Waals surface area contributed by atoms with Crippen molar-refractivity contribution in [2.24, 2.45) is 11.8 Å². The number of carbonyl (C=O) groups is 2. The number of nitrogens with one attached hydrogen (secondary N) is 1. The lowest BCUT2D eigenvalue weighted by atomic mass is 9.73. The topological polar surface area (TPSA) is 58.6 Å². The maximum atomic E-state index is 13.0. The summed E-state index contributed by atoms with van der Waals surface area (Å²) in [4.78, 5) is 26.5. The Morgan fingerprint density at radius 3 is 2.88 bits per heavy atom. The van der Waals surface area contributed by atoms with Crippen molar-refractivity contribution in [3.05, 3.63) is 35.6 Å². The van der Waals surface area contributed by atoms with Crippen LogP contribution in [-0.4, -0.2) is 60.1 Å². The van der Waals surface area contributed by atoms with Crippen LogP contribution in [0.4, 0.5) is 4.39 Å². The number of fused-ring (bicyclic) bond motifs is 1. The molecule has 140 valence electrons. The van der Waals surface area contributed by atoms with Crippen LogP contribution in [0.2, 0.25) is 0 Å². The van der Waals surface area contributed by atoms with Gasteiger partial charge in [-0.25, -0.2) is 4.39 Å². The van der Waals surface area contributed by atoms with E-state index >= 15 is 0 Å². The van der Waals surface area contributed by atoms with Crippen LogP contribution < -0.4 is 5.32 Å². The molecule has 1 aromatic rings. The average Bonchev–Trinajstić information content (AvgIpc) is 3.29. The van der Waals surface area contributed by atoms with Crippen LogP contribution in [0.5, 0.6) is 0 Å². The summed E-state index contributed by atoms with van der Waals surface area (Å²) in [6, 6.07) is 5.55. The van der Waals surface area contributed by atoms with Crippen LogP contribution in [0.3, 0.4) is 0 Å². The molecule has 3 heterocycles. The van der Waals surface area contributed by atoms with Crippen molar-refractivity contribution in [1.82, 2.24) is 10.2 Å². The number of amides is 2. The molecule has 0 unspecified atom stereocenters. The highest BCUT2D eigenvalue weighted by Crippen LogP contribution is 2.54. The summed E-state index contributed by atoms with van der Waals surface area (Å²) in [5.74, 6) is 0.613. The third-order valence-electron chi connectivity index (χ3n) is 6.01. The van der Waals surface area contributed by atoms with E-state index in [1.54, 1.807) is 0 Å². The van der Waals surface area contributed by atoms with Gasteiger partial charge in [0.15, 0.2) is 0 Å². The number of ether oxygens (including phenoxy) is 1. The van der Waals surface area contributed by atoms with Gasteiger partial charge in [-0.05, 0) is 43.4 Å². The van der Waals surface area contributed by atoms with Gasteiger partial charge in [-0.3, -0.25) is 9.59 Å². The van der Waals surface area contributed by atoms with E-state index in [2.05, 4.69) is 5.32 Å².